The highest BCUT2D eigenvalue weighted by molar-refractivity contribution is 5.75. The van der Waals surface area contributed by atoms with E-state index in [0.717, 1.165) is 12.8 Å². The lowest BCUT2D eigenvalue weighted by Gasteiger charge is -1.82. The SMILES string of the molecule is CC1(C#N)CC1.[B]. The van der Waals surface area contributed by atoms with Crippen LogP contribution in [-0.2, 0) is 0 Å². The highest BCUT2D eigenvalue weighted by Gasteiger charge is 2.36. The molecule has 1 aliphatic rings. The number of nitrogens with zero attached hydrogens (tertiary/aromatic N) is 1. The Morgan fingerprint density at radius 2 is 2.00 bits per heavy atom. The van der Waals surface area contributed by atoms with Crippen LogP contribution in [0.2, 0.25) is 0 Å². The Balaban J connectivity index is 0.000000360. The summed E-state index contributed by atoms with van der Waals surface area (Å²) in [7, 11) is 0. The van der Waals surface area contributed by atoms with Gasteiger partial charge in [-0.25, -0.2) is 0 Å². The van der Waals surface area contributed by atoms with Crippen molar-refractivity contribution in [1.29, 1.82) is 5.26 Å². The van der Waals surface area contributed by atoms with Crippen LogP contribution >= 0.6 is 0 Å². The zero-order valence-electron chi connectivity index (χ0n) is 4.44. The monoisotopic (exact) mass is 92.1 g/mol. The van der Waals surface area contributed by atoms with Gasteiger partial charge in [0.15, 0.2) is 0 Å². The molecule has 0 aromatic heterocycles. The second kappa shape index (κ2) is 1.57. The number of hydrogen-bond acceptors (Lipinski definition) is 1. The lowest BCUT2D eigenvalue weighted by molar-refractivity contribution is 0.767. The summed E-state index contributed by atoms with van der Waals surface area (Å²) in [6.45, 7) is 1.99. The van der Waals surface area contributed by atoms with Crippen LogP contribution < -0.4 is 0 Å². The largest absolute Gasteiger partial charge is 0.198 e. The Morgan fingerprint density at radius 1 is 1.57 bits per heavy atom. The van der Waals surface area contributed by atoms with E-state index in [9.17, 15) is 0 Å². The molecule has 0 aromatic carbocycles. The molecule has 0 bridgehead atoms. The van der Waals surface area contributed by atoms with E-state index < -0.39 is 0 Å². The average molecular weight is 91.9 g/mol. The highest BCUT2D eigenvalue weighted by Crippen LogP contribution is 2.43. The van der Waals surface area contributed by atoms with Gasteiger partial charge in [0.2, 0.25) is 0 Å². The van der Waals surface area contributed by atoms with E-state index in [0.29, 0.717) is 0 Å². The van der Waals surface area contributed by atoms with Crippen LogP contribution in [0.15, 0.2) is 0 Å². The number of hydrogen-bond donors (Lipinski definition) is 0. The first-order chi connectivity index (χ1) is 2.77. The van der Waals surface area contributed by atoms with Gasteiger partial charge in [-0.15, -0.1) is 0 Å². The van der Waals surface area contributed by atoms with Crippen LogP contribution in [0.3, 0.4) is 0 Å². The molecular formula is C5H7BN. The Hall–Kier alpha value is -0.445. The third-order valence-corrected chi connectivity index (χ3v) is 1.27. The Labute approximate surface area is 45.9 Å². The van der Waals surface area contributed by atoms with Crippen molar-refractivity contribution in [2.75, 3.05) is 0 Å². The molecule has 7 heavy (non-hydrogen) atoms. The van der Waals surface area contributed by atoms with E-state index in [1.165, 1.54) is 0 Å². The maximum Gasteiger partial charge on any atom is 0.0686 e. The lowest BCUT2D eigenvalue weighted by atomic mass is 10.2. The molecule has 0 unspecified atom stereocenters. The first-order valence-corrected chi connectivity index (χ1v) is 2.18. The maximum absolute atomic E-state index is 8.22. The van der Waals surface area contributed by atoms with Crippen molar-refractivity contribution >= 4 is 8.41 Å². The quantitative estimate of drug-likeness (QED) is 0.407. The molecule has 1 aliphatic carbocycles. The van der Waals surface area contributed by atoms with Gasteiger partial charge in [0.1, 0.15) is 0 Å². The van der Waals surface area contributed by atoms with E-state index in [-0.39, 0.29) is 13.8 Å². The van der Waals surface area contributed by atoms with Crippen LogP contribution in [0.4, 0.5) is 0 Å². The molecule has 35 valence electrons. The standard InChI is InChI=1S/C5H7N.B/c1-5(4-6)2-3-5;/h2-3H2,1H3;. The third-order valence-electron chi connectivity index (χ3n) is 1.27. The molecule has 0 amide bonds. The van der Waals surface area contributed by atoms with E-state index in [1.807, 2.05) is 6.92 Å². The second-order valence-corrected chi connectivity index (χ2v) is 2.17. The van der Waals surface area contributed by atoms with Gasteiger partial charge in [-0.2, -0.15) is 5.26 Å². The minimum atomic E-state index is 0. The van der Waals surface area contributed by atoms with E-state index in [4.69, 9.17) is 5.26 Å². The molecule has 3 radical (unpaired) electrons. The summed E-state index contributed by atoms with van der Waals surface area (Å²) in [4.78, 5) is 0. The first-order valence-electron chi connectivity index (χ1n) is 2.18. The van der Waals surface area contributed by atoms with Gasteiger partial charge in [0.05, 0.1) is 11.5 Å². The summed E-state index contributed by atoms with van der Waals surface area (Å²) in [6, 6.07) is 2.22. The van der Waals surface area contributed by atoms with Crippen molar-refractivity contribution in [3.8, 4) is 6.07 Å². The minimum absolute atomic E-state index is 0. The molecule has 1 nitrogen and oxygen atoms in total. The fourth-order valence-corrected chi connectivity index (χ4v) is 0.299. The van der Waals surface area contributed by atoms with Crippen LogP contribution in [-0.4, -0.2) is 8.41 Å². The number of rotatable bonds is 0. The van der Waals surface area contributed by atoms with E-state index in [1.54, 1.807) is 0 Å². The van der Waals surface area contributed by atoms with Crippen molar-refractivity contribution in [2.24, 2.45) is 5.41 Å². The predicted octanol–water partition coefficient (Wildman–Crippen LogP) is 0.929. The molecule has 0 saturated heterocycles. The second-order valence-electron chi connectivity index (χ2n) is 2.17. The Morgan fingerprint density at radius 3 is 2.00 bits per heavy atom. The molecule has 1 saturated carbocycles. The van der Waals surface area contributed by atoms with Gasteiger partial charge >= 0.3 is 0 Å². The Kier molecular flexibility index (Phi) is 1.47. The average Bonchev–Trinajstić information content (AvgIpc) is 2.22. The minimum Gasteiger partial charge on any atom is -0.198 e. The van der Waals surface area contributed by atoms with Crippen molar-refractivity contribution in [1.82, 2.24) is 0 Å². The summed E-state index contributed by atoms with van der Waals surface area (Å²) in [5.41, 5.74) is 0.0972. The van der Waals surface area contributed by atoms with Crippen LogP contribution in [0, 0.1) is 16.7 Å². The fourth-order valence-electron chi connectivity index (χ4n) is 0.299. The van der Waals surface area contributed by atoms with Gasteiger partial charge < -0.3 is 0 Å². The third kappa shape index (κ3) is 1.23. The van der Waals surface area contributed by atoms with Gasteiger partial charge in [-0.3, -0.25) is 0 Å². The molecule has 0 spiro atoms. The van der Waals surface area contributed by atoms with Crippen molar-refractivity contribution in [3.63, 3.8) is 0 Å². The predicted molar refractivity (Wildman–Crippen MR) is 28.7 cm³/mol. The zero-order chi connectivity index (χ0) is 4.62. The molecular weight excluding hydrogens is 84.9 g/mol. The summed E-state index contributed by atoms with van der Waals surface area (Å²) in [6.07, 6.45) is 2.23. The van der Waals surface area contributed by atoms with Crippen molar-refractivity contribution in [2.45, 2.75) is 19.8 Å². The van der Waals surface area contributed by atoms with Gasteiger partial charge in [0, 0.05) is 8.41 Å². The van der Waals surface area contributed by atoms with E-state index >= 15 is 0 Å². The highest BCUT2D eigenvalue weighted by atomic mass is 14.4. The molecule has 0 aromatic rings. The van der Waals surface area contributed by atoms with E-state index in [2.05, 4.69) is 6.07 Å². The maximum atomic E-state index is 8.22. The summed E-state index contributed by atoms with van der Waals surface area (Å²) >= 11 is 0. The van der Waals surface area contributed by atoms with Crippen LogP contribution in [0.5, 0.6) is 0 Å². The lowest BCUT2D eigenvalue weighted by Crippen LogP contribution is -1.81. The Bertz CT molecular complexity index is 99.1. The fraction of sp³-hybridized carbons (Fsp3) is 0.800. The van der Waals surface area contributed by atoms with Gasteiger partial charge in [0.25, 0.3) is 0 Å². The summed E-state index contributed by atoms with van der Waals surface area (Å²) in [5, 5.41) is 8.22. The van der Waals surface area contributed by atoms with Crippen molar-refractivity contribution in [3.05, 3.63) is 0 Å². The molecule has 0 N–H and O–H groups in total. The normalized spacial score (nSPS) is 21.7. The van der Waals surface area contributed by atoms with Gasteiger partial charge in [-0.1, -0.05) is 0 Å². The number of nitriles is 1. The zero-order valence-corrected chi connectivity index (χ0v) is 4.44. The van der Waals surface area contributed by atoms with Crippen LogP contribution in [0.25, 0.3) is 0 Å². The first kappa shape index (κ1) is 6.55. The topological polar surface area (TPSA) is 23.8 Å². The van der Waals surface area contributed by atoms with Crippen LogP contribution in [0.1, 0.15) is 19.8 Å². The summed E-state index contributed by atoms with van der Waals surface area (Å²) in [5.74, 6) is 0. The smallest absolute Gasteiger partial charge is 0.0686 e. The summed E-state index contributed by atoms with van der Waals surface area (Å²) < 4.78 is 0. The molecule has 0 aliphatic heterocycles. The van der Waals surface area contributed by atoms with Gasteiger partial charge in [-0.05, 0) is 19.8 Å². The molecule has 1 fully saturated rings. The molecule has 0 atom stereocenters. The molecule has 2 heteroatoms. The molecule has 1 rings (SSSR count). The molecule has 0 heterocycles. The van der Waals surface area contributed by atoms with Crippen molar-refractivity contribution < 1.29 is 0 Å².